The molecular formula is C21H28O5. The van der Waals surface area contributed by atoms with Crippen LogP contribution < -0.4 is 0 Å². The van der Waals surface area contributed by atoms with Crippen LogP contribution in [0.3, 0.4) is 0 Å². The number of fused-ring (bicyclic) bond motifs is 5. The van der Waals surface area contributed by atoms with E-state index in [1.165, 1.54) is 6.08 Å². The Morgan fingerprint density at radius 3 is 2.88 bits per heavy atom. The zero-order valence-corrected chi connectivity index (χ0v) is 15.1. The minimum absolute atomic E-state index is 0.0409. The van der Waals surface area contributed by atoms with Gasteiger partial charge in [0.05, 0.1) is 6.10 Å². The van der Waals surface area contributed by atoms with E-state index in [4.69, 9.17) is 2.74 Å². The fourth-order valence-corrected chi connectivity index (χ4v) is 6.81. The number of Topliss-reactive ketones (excluding diaryl/α,β-unsaturated/α-hetero) is 1. The summed E-state index contributed by atoms with van der Waals surface area (Å²) in [5, 5.41) is 20.6. The van der Waals surface area contributed by atoms with Gasteiger partial charge in [0.1, 0.15) is 12.9 Å². The van der Waals surface area contributed by atoms with Gasteiger partial charge in [-0.15, -0.1) is 0 Å². The van der Waals surface area contributed by atoms with Gasteiger partial charge in [-0.1, -0.05) is 12.5 Å². The second-order valence-corrected chi connectivity index (χ2v) is 8.78. The maximum atomic E-state index is 12.3. The van der Waals surface area contributed by atoms with Gasteiger partial charge < -0.3 is 15.0 Å². The molecule has 0 amide bonds. The van der Waals surface area contributed by atoms with E-state index < -0.39 is 42.3 Å². The van der Waals surface area contributed by atoms with E-state index in [2.05, 4.69) is 0 Å². The predicted octanol–water partition coefficient (Wildman–Crippen LogP) is 1.85. The number of hydrogen-bond acceptors (Lipinski definition) is 5. The lowest BCUT2D eigenvalue weighted by molar-refractivity contribution is -0.157. The summed E-state index contributed by atoms with van der Waals surface area (Å²) >= 11 is 0. The lowest BCUT2D eigenvalue weighted by Gasteiger charge is -2.59. The first-order valence-corrected chi connectivity index (χ1v) is 9.59. The van der Waals surface area contributed by atoms with Gasteiger partial charge in [0.15, 0.2) is 11.6 Å². The summed E-state index contributed by atoms with van der Waals surface area (Å²) in [5.41, 5.74) is -0.891. The highest BCUT2D eigenvalue weighted by atomic mass is 16.3. The minimum Gasteiger partial charge on any atom is -0.393 e. The molecule has 4 rings (SSSR count). The molecule has 3 saturated carbocycles. The molecule has 2 N–H and O–H groups in total. The average molecular weight is 364 g/mol. The summed E-state index contributed by atoms with van der Waals surface area (Å²) in [6.07, 6.45) is 2.02. The Balaban J connectivity index is 1.77. The fraction of sp³-hybridized carbons (Fsp3) is 0.762. The molecule has 2 unspecified atom stereocenters. The second-order valence-electron chi connectivity index (χ2n) is 8.78. The lowest BCUT2D eigenvalue weighted by atomic mass is 9.45. The summed E-state index contributed by atoms with van der Waals surface area (Å²) in [7, 11) is 0. The van der Waals surface area contributed by atoms with E-state index in [0.29, 0.717) is 25.7 Å². The molecule has 0 aromatic heterocycles. The van der Waals surface area contributed by atoms with Gasteiger partial charge in [-0.05, 0) is 67.7 Å². The lowest BCUT2D eigenvalue weighted by Crippen LogP contribution is -2.58. The number of carbonyl (C=O) groups is 3. The van der Waals surface area contributed by atoms with Crippen molar-refractivity contribution >= 4 is 17.9 Å². The maximum Gasteiger partial charge on any atom is 0.162 e. The van der Waals surface area contributed by atoms with Crippen LogP contribution in [0.2, 0.25) is 0 Å². The Kier molecular flexibility index (Phi) is 3.68. The van der Waals surface area contributed by atoms with Crippen molar-refractivity contribution in [1.82, 2.24) is 0 Å². The molecule has 0 heterocycles. The molecule has 5 nitrogen and oxygen atoms in total. The molecule has 0 bridgehead atoms. The number of allylic oxidation sites excluding steroid dienone is 1. The van der Waals surface area contributed by atoms with E-state index in [1.54, 1.807) is 0 Å². The topological polar surface area (TPSA) is 91.7 Å². The number of aliphatic hydroxyl groups excluding tert-OH is 2. The largest absolute Gasteiger partial charge is 0.393 e. The van der Waals surface area contributed by atoms with E-state index in [0.717, 1.165) is 11.9 Å². The zero-order chi connectivity index (χ0) is 20.4. The molecule has 142 valence electrons. The molecule has 0 saturated heterocycles. The van der Waals surface area contributed by atoms with Crippen LogP contribution in [-0.2, 0) is 14.4 Å². The summed E-state index contributed by atoms with van der Waals surface area (Å²) < 4.78 is 16.8. The molecule has 3 fully saturated rings. The highest BCUT2D eigenvalue weighted by molar-refractivity contribution is 5.91. The van der Waals surface area contributed by atoms with Crippen LogP contribution >= 0.6 is 0 Å². The first-order valence-electron chi connectivity index (χ1n) is 10.7. The SMILES string of the molecule is [3H]C1C(=O)C=C2CC[C@@H]3[C@H]([C@@H](O)C[C@]4(C=O)[C@@H](C(=O)CO)CC[C@@H]34)[C@@]2(C)C1[3H]. The Bertz CT molecular complexity index is 751. The van der Waals surface area contributed by atoms with Gasteiger partial charge in [0.25, 0.3) is 0 Å². The molecular weight excluding hydrogens is 332 g/mol. The van der Waals surface area contributed by atoms with Crippen LogP contribution in [0, 0.1) is 34.5 Å². The maximum absolute atomic E-state index is 12.3. The zero-order valence-electron chi connectivity index (χ0n) is 17.1. The second kappa shape index (κ2) is 6.10. The molecule has 5 heteroatoms. The Morgan fingerprint density at radius 2 is 2.19 bits per heavy atom. The monoisotopic (exact) mass is 364 g/mol. The Morgan fingerprint density at radius 1 is 1.42 bits per heavy atom. The van der Waals surface area contributed by atoms with Gasteiger partial charge in [-0.2, -0.15) is 0 Å². The number of rotatable bonds is 3. The van der Waals surface area contributed by atoms with Crippen molar-refractivity contribution in [3.8, 4) is 0 Å². The number of aliphatic hydroxyl groups is 2. The van der Waals surface area contributed by atoms with Crippen molar-refractivity contribution in [3.63, 3.8) is 0 Å². The van der Waals surface area contributed by atoms with Crippen LogP contribution in [0.25, 0.3) is 0 Å². The number of aldehydes is 1. The van der Waals surface area contributed by atoms with E-state index in [1.807, 2.05) is 6.92 Å². The van der Waals surface area contributed by atoms with Crippen molar-refractivity contribution in [2.75, 3.05) is 6.61 Å². The van der Waals surface area contributed by atoms with Crippen molar-refractivity contribution < 1.29 is 27.3 Å². The standard InChI is InChI=1S/C21H28O5/c1-20-7-6-13(24)8-12(20)2-3-14-15-4-5-16(18(26)10-22)21(15,11-23)9-17(25)19(14)20/h8,11,14-17,19,22,25H,2-7,9-10H2,1H3/t14-,15-,16+,17-,19+,20-,21+/m0/s1/i6T,7T/t6?,7?,14-,15-,16+,17-,19+,20-,21+. The van der Waals surface area contributed by atoms with E-state index >= 15 is 0 Å². The van der Waals surface area contributed by atoms with Gasteiger partial charge in [-0.25, -0.2) is 0 Å². The minimum atomic E-state index is -1.16. The van der Waals surface area contributed by atoms with Gasteiger partial charge >= 0.3 is 0 Å². The molecule has 0 aromatic carbocycles. The van der Waals surface area contributed by atoms with Crippen molar-refractivity contribution in [2.45, 2.75) is 57.9 Å². The summed E-state index contributed by atoms with van der Waals surface area (Å²) in [6.45, 7) is 1.29. The highest BCUT2D eigenvalue weighted by Crippen LogP contribution is 2.66. The number of carbonyl (C=O) groups excluding carboxylic acids is 3. The van der Waals surface area contributed by atoms with E-state index in [-0.39, 0.29) is 35.7 Å². The molecule has 26 heavy (non-hydrogen) atoms. The van der Waals surface area contributed by atoms with Crippen molar-refractivity contribution in [3.05, 3.63) is 11.6 Å². The first-order chi connectivity index (χ1) is 13.2. The molecule has 0 aliphatic heterocycles. The molecule has 0 radical (unpaired) electrons. The summed E-state index contributed by atoms with van der Waals surface area (Å²) in [5.74, 6) is -1.67. The quantitative estimate of drug-likeness (QED) is 0.746. The van der Waals surface area contributed by atoms with Crippen LogP contribution in [0.4, 0.5) is 0 Å². The highest BCUT2D eigenvalue weighted by Gasteiger charge is 2.64. The Hall–Kier alpha value is -1.33. The first kappa shape index (κ1) is 15.7. The third-order valence-corrected chi connectivity index (χ3v) is 7.87. The van der Waals surface area contributed by atoms with Crippen molar-refractivity contribution in [2.24, 2.45) is 34.5 Å². The molecule has 4 aliphatic carbocycles. The van der Waals surface area contributed by atoms with Crippen LogP contribution in [-0.4, -0.2) is 40.8 Å². The van der Waals surface area contributed by atoms with E-state index in [9.17, 15) is 24.6 Å². The van der Waals surface area contributed by atoms with Gasteiger partial charge in [-0.3, -0.25) is 9.59 Å². The molecule has 4 aliphatic rings. The summed E-state index contributed by atoms with van der Waals surface area (Å²) in [4.78, 5) is 36.7. The van der Waals surface area contributed by atoms with Crippen LogP contribution in [0.1, 0.15) is 54.6 Å². The molecule has 0 aromatic rings. The third kappa shape index (κ3) is 2.26. The molecule has 0 spiro atoms. The fourth-order valence-electron chi connectivity index (χ4n) is 6.81. The summed E-state index contributed by atoms with van der Waals surface area (Å²) in [6, 6.07) is 0. The van der Waals surface area contributed by atoms with Crippen LogP contribution in [0.5, 0.6) is 0 Å². The van der Waals surface area contributed by atoms with Gasteiger partial charge in [0.2, 0.25) is 0 Å². The Labute approximate surface area is 156 Å². The predicted molar refractivity (Wildman–Crippen MR) is 94.1 cm³/mol. The normalized spacial score (nSPS) is 54.2. The van der Waals surface area contributed by atoms with Crippen molar-refractivity contribution in [1.29, 1.82) is 0 Å². The average Bonchev–Trinajstić information content (AvgIpc) is 3.06. The van der Waals surface area contributed by atoms with Crippen LogP contribution in [0.15, 0.2) is 11.6 Å². The smallest absolute Gasteiger partial charge is 0.162 e. The third-order valence-electron chi connectivity index (χ3n) is 7.87. The number of hydrogen-bond donors (Lipinski definition) is 2. The number of ketones is 2. The molecule has 9 atom stereocenters. The van der Waals surface area contributed by atoms with Gasteiger partial charge in [0, 0.05) is 20.5 Å².